The Balaban J connectivity index is 2.14. The maximum atomic E-state index is 4.96. The predicted molar refractivity (Wildman–Crippen MR) is 42.6 cm³/mol. The third-order valence-electron chi connectivity index (χ3n) is 1.55. The number of hydrogen-bond donors (Lipinski definition) is 0. The van der Waals surface area contributed by atoms with Crippen LogP contribution in [0.1, 0.15) is 11.7 Å². The summed E-state index contributed by atoms with van der Waals surface area (Å²) in [6, 6.07) is 3.92. The van der Waals surface area contributed by atoms with Crippen LogP contribution >= 0.6 is 0 Å². The van der Waals surface area contributed by atoms with Crippen molar-refractivity contribution in [2.45, 2.75) is 13.5 Å². The van der Waals surface area contributed by atoms with E-state index < -0.39 is 0 Å². The second kappa shape index (κ2) is 2.81. The minimum absolute atomic E-state index is 0.642. The molecule has 4 heteroatoms. The highest BCUT2D eigenvalue weighted by molar-refractivity contribution is 4.93. The first-order valence-corrected chi connectivity index (χ1v) is 3.74. The van der Waals surface area contributed by atoms with Gasteiger partial charge in [-0.2, -0.15) is 4.98 Å². The maximum absolute atomic E-state index is 4.96. The van der Waals surface area contributed by atoms with Crippen LogP contribution in [0.15, 0.2) is 29.0 Å². The molecule has 0 amide bonds. The van der Waals surface area contributed by atoms with Crippen LogP contribution in [-0.4, -0.2) is 14.7 Å². The lowest BCUT2D eigenvalue weighted by molar-refractivity contribution is 0.368. The van der Waals surface area contributed by atoms with E-state index in [1.54, 1.807) is 0 Å². The first-order valence-electron chi connectivity index (χ1n) is 3.74. The molecule has 0 aliphatic heterocycles. The van der Waals surface area contributed by atoms with Crippen LogP contribution in [0.4, 0.5) is 0 Å². The molecule has 0 aromatic carbocycles. The molecule has 0 unspecified atom stereocenters. The highest BCUT2D eigenvalue weighted by Gasteiger charge is 2.01. The predicted octanol–water partition coefficient (Wildman–Crippen LogP) is 1.23. The standard InChI is InChI=1S/C8H9N3O/c1-7-9-8(12-10-7)6-11-4-2-3-5-11/h2-5H,6H2,1H3. The molecular formula is C8H9N3O. The maximum Gasteiger partial charge on any atom is 0.246 e. The van der Waals surface area contributed by atoms with Crippen molar-refractivity contribution in [3.63, 3.8) is 0 Å². The third kappa shape index (κ3) is 1.37. The molecule has 0 N–H and O–H groups in total. The zero-order valence-corrected chi connectivity index (χ0v) is 6.77. The van der Waals surface area contributed by atoms with E-state index >= 15 is 0 Å². The molecule has 2 aromatic rings. The van der Waals surface area contributed by atoms with Crippen LogP contribution < -0.4 is 0 Å². The summed E-state index contributed by atoms with van der Waals surface area (Å²) in [5.74, 6) is 1.32. The number of aryl methyl sites for hydroxylation is 1. The lowest BCUT2D eigenvalue weighted by Gasteiger charge is -1.94. The zero-order valence-electron chi connectivity index (χ0n) is 6.77. The molecule has 62 valence electrons. The Morgan fingerprint density at radius 3 is 2.75 bits per heavy atom. The highest BCUT2D eigenvalue weighted by atomic mass is 16.5. The Kier molecular flexibility index (Phi) is 1.66. The summed E-state index contributed by atoms with van der Waals surface area (Å²) in [4.78, 5) is 4.09. The van der Waals surface area contributed by atoms with Gasteiger partial charge in [-0.15, -0.1) is 0 Å². The minimum Gasteiger partial charge on any atom is -0.345 e. The van der Waals surface area contributed by atoms with Gasteiger partial charge >= 0.3 is 0 Å². The number of rotatable bonds is 2. The second-order valence-electron chi connectivity index (χ2n) is 2.59. The summed E-state index contributed by atoms with van der Waals surface area (Å²) >= 11 is 0. The minimum atomic E-state index is 0.642. The van der Waals surface area contributed by atoms with Gasteiger partial charge in [0.15, 0.2) is 5.82 Å². The lowest BCUT2D eigenvalue weighted by atomic mass is 10.6. The first kappa shape index (κ1) is 7.09. The van der Waals surface area contributed by atoms with Gasteiger partial charge in [-0.1, -0.05) is 5.16 Å². The molecular weight excluding hydrogens is 154 g/mol. The molecule has 2 rings (SSSR count). The van der Waals surface area contributed by atoms with Crippen molar-refractivity contribution < 1.29 is 4.52 Å². The average Bonchev–Trinajstić information content (AvgIpc) is 2.63. The number of hydrogen-bond acceptors (Lipinski definition) is 3. The van der Waals surface area contributed by atoms with Crippen molar-refractivity contribution in [2.75, 3.05) is 0 Å². The molecule has 0 fully saturated rings. The highest BCUT2D eigenvalue weighted by Crippen LogP contribution is 1.99. The fourth-order valence-electron chi connectivity index (χ4n) is 1.04. The summed E-state index contributed by atoms with van der Waals surface area (Å²) in [5, 5.41) is 3.70. The van der Waals surface area contributed by atoms with Gasteiger partial charge in [0.05, 0.1) is 0 Å². The Morgan fingerprint density at radius 1 is 1.42 bits per heavy atom. The van der Waals surface area contributed by atoms with E-state index in [0.717, 1.165) is 0 Å². The molecule has 0 saturated carbocycles. The van der Waals surface area contributed by atoms with Gasteiger partial charge in [0.25, 0.3) is 0 Å². The summed E-state index contributed by atoms with van der Waals surface area (Å²) in [5.41, 5.74) is 0. The Bertz CT molecular complexity index is 350. The van der Waals surface area contributed by atoms with Crippen molar-refractivity contribution in [2.24, 2.45) is 0 Å². The number of aromatic nitrogens is 3. The van der Waals surface area contributed by atoms with Crippen molar-refractivity contribution in [1.29, 1.82) is 0 Å². The van der Waals surface area contributed by atoms with Crippen molar-refractivity contribution in [3.8, 4) is 0 Å². The molecule has 0 atom stereocenters. The largest absolute Gasteiger partial charge is 0.345 e. The Hall–Kier alpha value is -1.58. The van der Waals surface area contributed by atoms with E-state index in [4.69, 9.17) is 4.52 Å². The molecule has 12 heavy (non-hydrogen) atoms. The summed E-state index contributed by atoms with van der Waals surface area (Å²) in [6.45, 7) is 2.45. The van der Waals surface area contributed by atoms with Gasteiger partial charge in [0.2, 0.25) is 5.89 Å². The first-order chi connectivity index (χ1) is 5.84. The van der Waals surface area contributed by atoms with Crippen molar-refractivity contribution in [3.05, 3.63) is 36.2 Å². The topological polar surface area (TPSA) is 43.9 Å². The molecule has 0 spiro atoms. The van der Waals surface area contributed by atoms with Crippen LogP contribution in [0.5, 0.6) is 0 Å². The smallest absolute Gasteiger partial charge is 0.246 e. The van der Waals surface area contributed by atoms with Crippen LogP contribution in [-0.2, 0) is 6.54 Å². The third-order valence-corrected chi connectivity index (χ3v) is 1.55. The van der Waals surface area contributed by atoms with E-state index in [0.29, 0.717) is 18.3 Å². The molecule has 0 saturated heterocycles. The second-order valence-corrected chi connectivity index (χ2v) is 2.59. The summed E-state index contributed by atoms with van der Waals surface area (Å²) in [6.07, 6.45) is 3.92. The molecule has 4 nitrogen and oxygen atoms in total. The van der Waals surface area contributed by atoms with E-state index in [2.05, 4.69) is 10.1 Å². The van der Waals surface area contributed by atoms with Crippen LogP contribution in [0.25, 0.3) is 0 Å². The van der Waals surface area contributed by atoms with E-state index in [9.17, 15) is 0 Å². The monoisotopic (exact) mass is 163 g/mol. The van der Waals surface area contributed by atoms with Crippen LogP contribution in [0, 0.1) is 6.92 Å². The normalized spacial score (nSPS) is 10.4. The summed E-state index contributed by atoms with van der Waals surface area (Å²) < 4.78 is 6.93. The summed E-state index contributed by atoms with van der Waals surface area (Å²) in [7, 11) is 0. The molecule has 0 radical (unpaired) electrons. The van der Waals surface area contributed by atoms with Crippen LogP contribution in [0.3, 0.4) is 0 Å². The molecule has 2 aromatic heterocycles. The molecule has 0 aliphatic carbocycles. The van der Waals surface area contributed by atoms with Gasteiger partial charge in [-0.3, -0.25) is 0 Å². The Labute approximate surface area is 69.8 Å². The molecule has 0 aliphatic rings. The zero-order chi connectivity index (χ0) is 8.39. The van der Waals surface area contributed by atoms with Gasteiger partial charge in [0.1, 0.15) is 6.54 Å². The van der Waals surface area contributed by atoms with E-state index in [1.807, 2.05) is 36.0 Å². The quantitative estimate of drug-likeness (QED) is 0.668. The van der Waals surface area contributed by atoms with Gasteiger partial charge in [-0.25, -0.2) is 0 Å². The van der Waals surface area contributed by atoms with Crippen molar-refractivity contribution in [1.82, 2.24) is 14.7 Å². The van der Waals surface area contributed by atoms with Gasteiger partial charge in [-0.05, 0) is 19.1 Å². The van der Waals surface area contributed by atoms with Gasteiger partial charge in [0, 0.05) is 12.4 Å². The van der Waals surface area contributed by atoms with Crippen molar-refractivity contribution >= 4 is 0 Å². The van der Waals surface area contributed by atoms with Gasteiger partial charge < -0.3 is 9.09 Å². The van der Waals surface area contributed by atoms with E-state index in [-0.39, 0.29) is 0 Å². The molecule has 2 heterocycles. The lowest BCUT2D eigenvalue weighted by Crippen LogP contribution is -1.95. The van der Waals surface area contributed by atoms with Crippen LogP contribution in [0.2, 0.25) is 0 Å². The Morgan fingerprint density at radius 2 is 2.17 bits per heavy atom. The fourth-order valence-corrected chi connectivity index (χ4v) is 1.04. The van der Waals surface area contributed by atoms with E-state index in [1.165, 1.54) is 0 Å². The fraction of sp³-hybridized carbons (Fsp3) is 0.250. The number of nitrogens with zero attached hydrogens (tertiary/aromatic N) is 3. The SMILES string of the molecule is Cc1noc(Cn2cccc2)n1. The average molecular weight is 163 g/mol. The molecule has 0 bridgehead atoms.